The van der Waals surface area contributed by atoms with Crippen LogP contribution in [0.2, 0.25) is 0 Å². The molecule has 17 heavy (non-hydrogen) atoms. The topological polar surface area (TPSA) is 94.0 Å². The van der Waals surface area contributed by atoms with Crippen LogP contribution in [0.15, 0.2) is 11.5 Å². The van der Waals surface area contributed by atoms with Crippen molar-refractivity contribution >= 4 is 0 Å². The summed E-state index contributed by atoms with van der Waals surface area (Å²) in [6, 6.07) is -0.208. The van der Waals surface area contributed by atoms with Gasteiger partial charge in [-0.25, -0.2) is 0 Å². The SMILES string of the molecule is CNC1=C(OC)C(NCCO)CC(O)(CO)C1. The van der Waals surface area contributed by atoms with Crippen LogP contribution in [0, 0.1) is 0 Å². The second-order valence-electron chi connectivity index (χ2n) is 4.29. The predicted molar refractivity (Wildman–Crippen MR) is 63.2 cm³/mol. The first-order valence-corrected chi connectivity index (χ1v) is 5.72. The molecule has 0 saturated heterocycles. The highest BCUT2D eigenvalue weighted by Crippen LogP contribution is 2.31. The highest BCUT2D eigenvalue weighted by molar-refractivity contribution is 5.21. The van der Waals surface area contributed by atoms with Gasteiger partial charge < -0.3 is 30.7 Å². The van der Waals surface area contributed by atoms with E-state index in [0.717, 1.165) is 11.5 Å². The van der Waals surface area contributed by atoms with Crippen molar-refractivity contribution in [3.8, 4) is 0 Å². The molecule has 0 radical (unpaired) electrons. The number of methoxy groups -OCH3 is 1. The average Bonchev–Trinajstić information content (AvgIpc) is 2.35. The van der Waals surface area contributed by atoms with Crippen LogP contribution in [0.25, 0.3) is 0 Å². The molecule has 0 aromatic heterocycles. The molecule has 0 bridgehead atoms. The summed E-state index contributed by atoms with van der Waals surface area (Å²) in [6.45, 7) is 0.127. The van der Waals surface area contributed by atoms with Gasteiger partial charge in [0.1, 0.15) is 5.76 Å². The van der Waals surface area contributed by atoms with Gasteiger partial charge in [0.2, 0.25) is 0 Å². The molecule has 0 fully saturated rings. The monoisotopic (exact) mass is 246 g/mol. The van der Waals surface area contributed by atoms with Gasteiger partial charge >= 0.3 is 0 Å². The van der Waals surface area contributed by atoms with Crippen LogP contribution in [0.4, 0.5) is 0 Å². The van der Waals surface area contributed by atoms with E-state index in [-0.39, 0.29) is 19.3 Å². The maximum absolute atomic E-state index is 10.2. The van der Waals surface area contributed by atoms with Gasteiger partial charge in [0.05, 0.1) is 37.7 Å². The Bertz CT molecular complexity index is 283. The molecule has 2 atom stereocenters. The second kappa shape index (κ2) is 6.20. The van der Waals surface area contributed by atoms with Crippen LogP contribution in [0.3, 0.4) is 0 Å². The molecule has 0 aromatic rings. The highest BCUT2D eigenvalue weighted by atomic mass is 16.5. The van der Waals surface area contributed by atoms with Crippen molar-refractivity contribution in [2.45, 2.75) is 24.5 Å². The fourth-order valence-corrected chi connectivity index (χ4v) is 2.17. The Morgan fingerprint density at radius 3 is 2.65 bits per heavy atom. The Balaban J connectivity index is 2.90. The number of nitrogens with one attached hydrogen (secondary N) is 2. The van der Waals surface area contributed by atoms with Crippen LogP contribution in [0.5, 0.6) is 0 Å². The summed E-state index contributed by atoms with van der Waals surface area (Å²) in [5.74, 6) is 0.721. The van der Waals surface area contributed by atoms with Crippen LogP contribution in [-0.2, 0) is 4.74 Å². The zero-order valence-electron chi connectivity index (χ0n) is 10.4. The quantitative estimate of drug-likeness (QED) is 0.393. The molecule has 1 aliphatic rings. The summed E-state index contributed by atoms with van der Waals surface area (Å²) in [7, 11) is 3.32. The van der Waals surface area contributed by atoms with Crippen molar-refractivity contribution < 1.29 is 20.1 Å². The van der Waals surface area contributed by atoms with E-state index in [1.165, 1.54) is 0 Å². The van der Waals surface area contributed by atoms with Crippen molar-refractivity contribution in [1.29, 1.82) is 0 Å². The molecule has 6 nitrogen and oxygen atoms in total. The third-order valence-corrected chi connectivity index (χ3v) is 3.02. The highest BCUT2D eigenvalue weighted by Gasteiger charge is 2.39. The molecule has 0 aromatic carbocycles. The summed E-state index contributed by atoms with van der Waals surface area (Å²) < 4.78 is 5.32. The molecule has 0 aliphatic heterocycles. The van der Waals surface area contributed by atoms with Crippen molar-refractivity contribution in [2.75, 3.05) is 33.9 Å². The molecule has 5 N–H and O–H groups in total. The average molecular weight is 246 g/mol. The molecule has 100 valence electrons. The summed E-state index contributed by atoms with van der Waals surface area (Å²) in [5.41, 5.74) is -0.376. The van der Waals surface area contributed by atoms with Gasteiger partial charge in [0.25, 0.3) is 0 Å². The summed E-state index contributed by atoms with van der Waals surface area (Å²) in [6.07, 6.45) is 0.693. The fraction of sp³-hybridized carbons (Fsp3) is 0.818. The summed E-state index contributed by atoms with van der Waals surface area (Å²) in [4.78, 5) is 0. The van der Waals surface area contributed by atoms with Crippen LogP contribution in [0.1, 0.15) is 12.8 Å². The van der Waals surface area contributed by atoms with Gasteiger partial charge in [-0.1, -0.05) is 0 Å². The zero-order chi connectivity index (χ0) is 12.9. The molecular weight excluding hydrogens is 224 g/mol. The maximum Gasteiger partial charge on any atom is 0.131 e. The number of aliphatic hydroxyl groups is 3. The Kier molecular flexibility index (Phi) is 5.20. The number of hydrogen-bond donors (Lipinski definition) is 5. The molecule has 0 heterocycles. The zero-order valence-corrected chi connectivity index (χ0v) is 10.4. The third kappa shape index (κ3) is 3.32. The van der Waals surface area contributed by atoms with E-state index < -0.39 is 5.60 Å². The van der Waals surface area contributed by atoms with Crippen molar-refractivity contribution in [3.63, 3.8) is 0 Å². The van der Waals surface area contributed by atoms with E-state index in [2.05, 4.69) is 10.6 Å². The molecule has 0 saturated carbocycles. The molecule has 0 spiro atoms. The first kappa shape index (κ1) is 14.2. The van der Waals surface area contributed by atoms with Crippen molar-refractivity contribution in [3.05, 3.63) is 11.5 Å². The van der Waals surface area contributed by atoms with Crippen LogP contribution in [-0.4, -0.2) is 60.9 Å². The Labute approximate surface area is 101 Å². The maximum atomic E-state index is 10.2. The molecule has 0 amide bonds. The number of rotatable bonds is 6. The third-order valence-electron chi connectivity index (χ3n) is 3.02. The van der Waals surface area contributed by atoms with E-state index in [4.69, 9.17) is 9.84 Å². The van der Waals surface area contributed by atoms with E-state index in [0.29, 0.717) is 19.4 Å². The van der Waals surface area contributed by atoms with Gasteiger partial charge in [-0.3, -0.25) is 0 Å². The molecular formula is C11H22N2O4. The summed E-state index contributed by atoms with van der Waals surface area (Å²) >= 11 is 0. The largest absolute Gasteiger partial charge is 0.498 e. The van der Waals surface area contributed by atoms with Crippen molar-refractivity contribution in [2.24, 2.45) is 0 Å². The lowest BCUT2D eigenvalue weighted by molar-refractivity contribution is -0.0387. The van der Waals surface area contributed by atoms with Gasteiger partial charge in [-0.15, -0.1) is 0 Å². The standard InChI is InChI=1S/C11H22N2O4/c1-12-8-5-11(16,7-15)6-9(10(8)17-2)13-3-4-14/h9,12-16H,3-7H2,1-2H3. The molecule has 2 unspecified atom stereocenters. The fourth-order valence-electron chi connectivity index (χ4n) is 2.17. The normalized spacial score (nSPS) is 29.4. The van der Waals surface area contributed by atoms with Gasteiger partial charge in [0.15, 0.2) is 0 Å². The molecule has 1 aliphatic carbocycles. The van der Waals surface area contributed by atoms with Crippen LogP contribution < -0.4 is 10.6 Å². The lowest BCUT2D eigenvalue weighted by atomic mass is 9.84. The Morgan fingerprint density at radius 2 is 2.18 bits per heavy atom. The van der Waals surface area contributed by atoms with E-state index >= 15 is 0 Å². The van der Waals surface area contributed by atoms with Crippen molar-refractivity contribution in [1.82, 2.24) is 10.6 Å². The minimum absolute atomic E-state index is 0.0138. The van der Waals surface area contributed by atoms with Gasteiger partial charge in [0, 0.05) is 26.4 Å². The lowest BCUT2D eigenvalue weighted by Gasteiger charge is -2.38. The van der Waals surface area contributed by atoms with Gasteiger partial charge in [-0.2, -0.15) is 0 Å². The molecule has 1 rings (SSSR count). The minimum Gasteiger partial charge on any atom is -0.498 e. The minimum atomic E-state index is -1.15. The number of ether oxygens (including phenoxy) is 1. The van der Waals surface area contributed by atoms with E-state index in [1.807, 2.05) is 0 Å². The van der Waals surface area contributed by atoms with Gasteiger partial charge in [-0.05, 0) is 0 Å². The Hall–Kier alpha value is -0.820. The molecule has 6 heteroatoms. The Morgan fingerprint density at radius 1 is 1.47 bits per heavy atom. The smallest absolute Gasteiger partial charge is 0.131 e. The van der Waals surface area contributed by atoms with E-state index in [1.54, 1.807) is 14.2 Å². The summed E-state index contributed by atoms with van der Waals surface area (Å²) in [5, 5.41) is 34.3. The lowest BCUT2D eigenvalue weighted by Crippen LogP contribution is -2.49. The second-order valence-corrected chi connectivity index (χ2v) is 4.29. The number of aliphatic hydroxyl groups excluding tert-OH is 2. The van der Waals surface area contributed by atoms with Crippen LogP contribution >= 0.6 is 0 Å². The number of hydrogen-bond acceptors (Lipinski definition) is 6. The first-order chi connectivity index (χ1) is 8.10. The van der Waals surface area contributed by atoms with E-state index in [9.17, 15) is 10.2 Å². The first-order valence-electron chi connectivity index (χ1n) is 5.72. The predicted octanol–water partition coefficient (Wildman–Crippen LogP) is -1.47.